The van der Waals surface area contributed by atoms with Crippen molar-refractivity contribution >= 4 is 28.3 Å². The second-order valence-corrected chi connectivity index (χ2v) is 7.70. The molecule has 0 fully saturated rings. The Labute approximate surface area is 179 Å². The summed E-state index contributed by atoms with van der Waals surface area (Å²) in [5, 5.41) is 7.82. The topological polar surface area (TPSA) is 89.5 Å². The van der Waals surface area contributed by atoms with Crippen LogP contribution in [0.2, 0.25) is 0 Å². The van der Waals surface area contributed by atoms with E-state index in [4.69, 9.17) is 9.47 Å². The van der Waals surface area contributed by atoms with Gasteiger partial charge in [0.25, 0.3) is 5.91 Å². The Morgan fingerprint density at radius 2 is 1.80 bits per heavy atom. The van der Waals surface area contributed by atoms with Gasteiger partial charge < -0.3 is 14.8 Å². The van der Waals surface area contributed by atoms with Crippen LogP contribution in [0.25, 0.3) is 0 Å². The Morgan fingerprint density at radius 3 is 2.43 bits per heavy atom. The standard InChI is InChI=1S/C22H23N3O4S/c1-14(2)28-19-10-17(21(27)25-22-23-8-9-30-22)11-20(12-19)29-18-6-4-16(5-7-18)13-24-15(3)26/h4-12,14H,13H2,1-3H3,(H,24,26)(H,23,25,27). The maximum Gasteiger partial charge on any atom is 0.257 e. The van der Waals surface area contributed by atoms with Crippen molar-refractivity contribution in [1.82, 2.24) is 10.3 Å². The predicted octanol–water partition coefficient (Wildman–Crippen LogP) is 4.61. The van der Waals surface area contributed by atoms with Crippen LogP contribution in [0.1, 0.15) is 36.7 Å². The highest BCUT2D eigenvalue weighted by Crippen LogP contribution is 2.29. The first-order valence-corrected chi connectivity index (χ1v) is 10.3. The number of carbonyl (C=O) groups is 2. The van der Waals surface area contributed by atoms with E-state index in [0.29, 0.717) is 34.5 Å². The fraction of sp³-hybridized carbons (Fsp3) is 0.227. The zero-order valence-electron chi connectivity index (χ0n) is 17.0. The third-order valence-electron chi connectivity index (χ3n) is 3.87. The fourth-order valence-electron chi connectivity index (χ4n) is 2.59. The van der Waals surface area contributed by atoms with Crippen molar-refractivity contribution in [2.45, 2.75) is 33.4 Å². The smallest absolute Gasteiger partial charge is 0.257 e. The van der Waals surface area contributed by atoms with Gasteiger partial charge in [-0.2, -0.15) is 0 Å². The summed E-state index contributed by atoms with van der Waals surface area (Å²) in [5.74, 6) is 1.24. The molecule has 0 aliphatic heterocycles. The molecule has 3 rings (SSSR count). The molecule has 2 aromatic carbocycles. The van der Waals surface area contributed by atoms with E-state index < -0.39 is 0 Å². The highest BCUT2D eigenvalue weighted by molar-refractivity contribution is 7.13. The van der Waals surface area contributed by atoms with Gasteiger partial charge >= 0.3 is 0 Å². The SMILES string of the molecule is CC(=O)NCc1ccc(Oc2cc(OC(C)C)cc(C(=O)Nc3nccs3)c2)cc1. The van der Waals surface area contributed by atoms with Crippen molar-refractivity contribution in [1.29, 1.82) is 0 Å². The molecule has 0 spiro atoms. The summed E-state index contributed by atoms with van der Waals surface area (Å²) < 4.78 is 11.7. The molecule has 0 atom stereocenters. The second kappa shape index (κ2) is 9.89. The number of hydrogen-bond acceptors (Lipinski definition) is 6. The molecule has 156 valence electrons. The van der Waals surface area contributed by atoms with E-state index in [0.717, 1.165) is 5.56 Å². The zero-order chi connectivity index (χ0) is 21.5. The number of aromatic nitrogens is 1. The number of hydrogen-bond donors (Lipinski definition) is 2. The molecule has 0 aliphatic rings. The minimum absolute atomic E-state index is 0.0526. The summed E-state index contributed by atoms with van der Waals surface area (Å²) in [4.78, 5) is 27.7. The summed E-state index contributed by atoms with van der Waals surface area (Å²) in [6.07, 6.45) is 1.58. The maximum absolute atomic E-state index is 12.6. The predicted molar refractivity (Wildman–Crippen MR) is 116 cm³/mol. The Hall–Kier alpha value is -3.39. The van der Waals surface area contributed by atoms with Gasteiger partial charge in [-0.05, 0) is 43.7 Å². The number of carbonyl (C=O) groups excluding carboxylic acids is 2. The molecule has 2 N–H and O–H groups in total. The van der Waals surface area contributed by atoms with E-state index in [9.17, 15) is 9.59 Å². The quantitative estimate of drug-likeness (QED) is 0.550. The molecule has 2 amide bonds. The van der Waals surface area contributed by atoms with E-state index in [1.54, 1.807) is 29.8 Å². The monoisotopic (exact) mass is 425 g/mol. The van der Waals surface area contributed by atoms with Crippen LogP contribution in [0.5, 0.6) is 17.2 Å². The molecule has 1 heterocycles. The average Bonchev–Trinajstić information content (AvgIpc) is 3.19. The highest BCUT2D eigenvalue weighted by Gasteiger charge is 2.13. The third-order valence-corrected chi connectivity index (χ3v) is 4.56. The van der Waals surface area contributed by atoms with Crippen molar-refractivity contribution < 1.29 is 19.1 Å². The van der Waals surface area contributed by atoms with Gasteiger partial charge in [-0.3, -0.25) is 14.9 Å². The zero-order valence-corrected chi connectivity index (χ0v) is 17.8. The lowest BCUT2D eigenvalue weighted by molar-refractivity contribution is -0.119. The van der Waals surface area contributed by atoms with Crippen molar-refractivity contribution in [2.24, 2.45) is 0 Å². The summed E-state index contributed by atoms with van der Waals surface area (Å²) in [6.45, 7) is 5.76. The molecule has 0 aliphatic carbocycles. The van der Waals surface area contributed by atoms with E-state index in [1.807, 2.05) is 38.1 Å². The average molecular weight is 426 g/mol. The lowest BCUT2D eigenvalue weighted by atomic mass is 10.1. The summed E-state index contributed by atoms with van der Waals surface area (Å²) in [7, 11) is 0. The molecular formula is C22H23N3O4S. The number of nitrogens with zero attached hydrogens (tertiary/aromatic N) is 1. The molecule has 30 heavy (non-hydrogen) atoms. The lowest BCUT2D eigenvalue weighted by Gasteiger charge is -2.14. The van der Waals surface area contributed by atoms with Gasteiger partial charge in [0.1, 0.15) is 17.2 Å². The molecule has 8 heteroatoms. The van der Waals surface area contributed by atoms with Crippen LogP contribution in [-0.2, 0) is 11.3 Å². The number of amides is 2. The molecule has 0 radical (unpaired) electrons. The summed E-state index contributed by atoms with van der Waals surface area (Å²) in [5.41, 5.74) is 1.36. The van der Waals surface area contributed by atoms with Crippen LogP contribution < -0.4 is 20.1 Å². The molecule has 0 saturated heterocycles. The first-order chi connectivity index (χ1) is 14.4. The van der Waals surface area contributed by atoms with Crippen molar-refractivity contribution in [3.8, 4) is 17.2 Å². The Bertz CT molecular complexity index is 1000. The molecule has 7 nitrogen and oxygen atoms in total. The Morgan fingerprint density at radius 1 is 1.07 bits per heavy atom. The fourth-order valence-corrected chi connectivity index (χ4v) is 3.12. The van der Waals surface area contributed by atoms with E-state index in [1.165, 1.54) is 18.3 Å². The first kappa shape index (κ1) is 21.3. The minimum atomic E-state index is -0.297. The molecule has 1 aromatic heterocycles. The van der Waals surface area contributed by atoms with Gasteiger partial charge in [0.15, 0.2) is 5.13 Å². The Balaban J connectivity index is 1.78. The minimum Gasteiger partial charge on any atom is -0.491 e. The third kappa shape index (κ3) is 6.31. The number of ether oxygens (including phenoxy) is 2. The van der Waals surface area contributed by atoms with Gasteiger partial charge in [0.05, 0.1) is 6.10 Å². The number of rotatable bonds is 8. The summed E-state index contributed by atoms with van der Waals surface area (Å²) in [6, 6.07) is 12.4. The van der Waals surface area contributed by atoms with Gasteiger partial charge in [0, 0.05) is 36.7 Å². The van der Waals surface area contributed by atoms with Crippen molar-refractivity contribution in [3.05, 3.63) is 65.2 Å². The number of thiazole rings is 1. The van der Waals surface area contributed by atoms with E-state index in [-0.39, 0.29) is 17.9 Å². The van der Waals surface area contributed by atoms with Gasteiger partial charge in [0.2, 0.25) is 5.91 Å². The number of nitrogens with one attached hydrogen (secondary N) is 2. The molecular weight excluding hydrogens is 402 g/mol. The first-order valence-electron chi connectivity index (χ1n) is 9.43. The van der Waals surface area contributed by atoms with Crippen LogP contribution in [0, 0.1) is 0 Å². The maximum atomic E-state index is 12.6. The normalized spacial score (nSPS) is 10.5. The van der Waals surface area contributed by atoms with Gasteiger partial charge in [-0.15, -0.1) is 11.3 Å². The Kier molecular flexibility index (Phi) is 7.03. The number of benzene rings is 2. The number of anilines is 1. The van der Waals surface area contributed by atoms with Crippen LogP contribution in [0.15, 0.2) is 54.0 Å². The van der Waals surface area contributed by atoms with Crippen molar-refractivity contribution in [3.63, 3.8) is 0 Å². The largest absolute Gasteiger partial charge is 0.491 e. The molecule has 3 aromatic rings. The molecule has 0 unspecified atom stereocenters. The van der Waals surface area contributed by atoms with Crippen LogP contribution in [-0.4, -0.2) is 22.9 Å². The van der Waals surface area contributed by atoms with Crippen molar-refractivity contribution in [2.75, 3.05) is 5.32 Å². The van der Waals surface area contributed by atoms with Crippen LogP contribution in [0.3, 0.4) is 0 Å². The van der Waals surface area contributed by atoms with E-state index >= 15 is 0 Å². The summed E-state index contributed by atoms with van der Waals surface area (Å²) >= 11 is 1.34. The highest BCUT2D eigenvalue weighted by atomic mass is 32.1. The van der Waals surface area contributed by atoms with Crippen LogP contribution in [0.4, 0.5) is 5.13 Å². The lowest BCUT2D eigenvalue weighted by Crippen LogP contribution is -2.18. The van der Waals surface area contributed by atoms with Crippen LogP contribution >= 0.6 is 11.3 Å². The van der Waals surface area contributed by atoms with Gasteiger partial charge in [-0.1, -0.05) is 12.1 Å². The second-order valence-electron chi connectivity index (χ2n) is 6.81. The van der Waals surface area contributed by atoms with Gasteiger partial charge in [-0.25, -0.2) is 4.98 Å². The molecule has 0 bridgehead atoms. The van der Waals surface area contributed by atoms with E-state index in [2.05, 4.69) is 15.6 Å². The molecule has 0 saturated carbocycles.